The van der Waals surface area contributed by atoms with Crippen molar-refractivity contribution in [2.24, 2.45) is 0 Å². The number of rotatable bonds is 1. The smallest absolute Gasteiger partial charge is 0.273 e. The Labute approximate surface area is 110 Å². The lowest BCUT2D eigenvalue weighted by Gasteiger charge is -2.01. The zero-order valence-electron chi connectivity index (χ0n) is 8.72. The third kappa shape index (κ3) is 1.86. The molecule has 2 aromatic heterocycles. The van der Waals surface area contributed by atoms with Gasteiger partial charge in [-0.2, -0.15) is 0 Å². The molecule has 3 rings (SSSR count). The highest BCUT2D eigenvalue weighted by molar-refractivity contribution is 14.1. The number of aromatic nitrogens is 3. The fourth-order valence-electron chi connectivity index (χ4n) is 1.70. The summed E-state index contributed by atoms with van der Waals surface area (Å²) in [6, 6.07) is 11.2. The predicted molar refractivity (Wildman–Crippen MR) is 74.0 cm³/mol. The first-order valence-corrected chi connectivity index (χ1v) is 6.15. The van der Waals surface area contributed by atoms with Crippen LogP contribution in [0.2, 0.25) is 0 Å². The normalized spacial score (nSPS) is 10.9. The summed E-state index contributed by atoms with van der Waals surface area (Å²) in [4.78, 5) is 16.2. The lowest BCUT2D eigenvalue weighted by molar-refractivity contribution is 0.901. The molecular weight excluding hydrogens is 329 g/mol. The van der Waals surface area contributed by atoms with Crippen LogP contribution in [0.1, 0.15) is 0 Å². The molecule has 0 fully saturated rings. The second-order valence-corrected chi connectivity index (χ2v) is 4.89. The maximum atomic E-state index is 11.8. The number of nitrogens with one attached hydrogen (secondary N) is 1. The Morgan fingerprint density at radius 3 is 2.71 bits per heavy atom. The van der Waals surface area contributed by atoms with E-state index in [1.165, 1.54) is 10.6 Å². The van der Waals surface area contributed by atoms with Gasteiger partial charge in [-0.1, -0.05) is 12.1 Å². The van der Waals surface area contributed by atoms with Crippen molar-refractivity contribution in [3.05, 3.63) is 56.5 Å². The summed E-state index contributed by atoms with van der Waals surface area (Å²) in [7, 11) is 0. The van der Waals surface area contributed by atoms with E-state index in [9.17, 15) is 4.79 Å². The van der Waals surface area contributed by atoms with E-state index >= 15 is 0 Å². The Bertz CT molecular complexity index is 727. The zero-order chi connectivity index (χ0) is 11.8. The van der Waals surface area contributed by atoms with Gasteiger partial charge in [0.2, 0.25) is 0 Å². The van der Waals surface area contributed by atoms with E-state index in [0.29, 0.717) is 11.3 Å². The molecule has 0 aliphatic rings. The van der Waals surface area contributed by atoms with Crippen molar-refractivity contribution in [3.63, 3.8) is 0 Å². The Kier molecular flexibility index (Phi) is 2.47. The maximum Gasteiger partial charge on any atom is 0.273 e. The highest BCUT2D eigenvalue weighted by Gasteiger charge is 2.04. The van der Waals surface area contributed by atoms with Crippen LogP contribution in [-0.4, -0.2) is 14.6 Å². The number of benzene rings is 1. The van der Waals surface area contributed by atoms with E-state index in [1.54, 1.807) is 12.3 Å². The second kappa shape index (κ2) is 3.99. The molecule has 0 spiro atoms. The van der Waals surface area contributed by atoms with E-state index in [4.69, 9.17) is 0 Å². The first kappa shape index (κ1) is 10.5. The van der Waals surface area contributed by atoms with Crippen molar-refractivity contribution in [1.29, 1.82) is 0 Å². The Morgan fingerprint density at radius 2 is 1.94 bits per heavy atom. The minimum atomic E-state index is -0.103. The number of aromatic amines is 1. The molecule has 0 amide bonds. The van der Waals surface area contributed by atoms with Gasteiger partial charge < -0.3 is 0 Å². The molecule has 2 heterocycles. The molecule has 0 aliphatic carbocycles. The zero-order valence-corrected chi connectivity index (χ0v) is 10.9. The number of nitrogens with zero attached hydrogens (tertiary/aromatic N) is 2. The molecule has 3 aromatic rings. The maximum absolute atomic E-state index is 11.8. The van der Waals surface area contributed by atoms with Crippen LogP contribution in [0.4, 0.5) is 0 Å². The minimum Gasteiger partial charge on any atom is -0.297 e. The second-order valence-electron chi connectivity index (χ2n) is 3.64. The minimum absolute atomic E-state index is 0.103. The fourth-order valence-corrected chi connectivity index (χ4v) is 2.06. The summed E-state index contributed by atoms with van der Waals surface area (Å²) in [6.45, 7) is 0. The summed E-state index contributed by atoms with van der Waals surface area (Å²) >= 11 is 2.24. The first-order valence-electron chi connectivity index (χ1n) is 5.07. The summed E-state index contributed by atoms with van der Waals surface area (Å²) < 4.78 is 2.57. The largest absolute Gasteiger partial charge is 0.297 e. The average Bonchev–Trinajstić information content (AvgIpc) is 2.78. The lowest BCUT2D eigenvalue weighted by atomic mass is 10.1. The fraction of sp³-hybridized carbons (Fsp3) is 0. The third-order valence-electron chi connectivity index (χ3n) is 2.52. The molecule has 4 nitrogen and oxygen atoms in total. The van der Waals surface area contributed by atoms with Crippen LogP contribution in [0.3, 0.4) is 0 Å². The summed E-state index contributed by atoms with van der Waals surface area (Å²) in [5.74, 6) is 0. The molecular formula is C12H8IN3O. The van der Waals surface area contributed by atoms with Crippen molar-refractivity contribution in [2.45, 2.75) is 0 Å². The molecule has 1 aromatic carbocycles. The van der Waals surface area contributed by atoms with Gasteiger partial charge in [-0.25, -0.2) is 9.50 Å². The molecule has 84 valence electrons. The monoisotopic (exact) mass is 337 g/mol. The average molecular weight is 337 g/mol. The molecule has 0 saturated carbocycles. The van der Waals surface area contributed by atoms with Crippen molar-refractivity contribution >= 4 is 28.2 Å². The lowest BCUT2D eigenvalue weighted by Crippen LogP contribution is -2.13. The van der Waals surface area contributed by atoms with Gasteiger partial charge in [0.05, 0.1) is 5.69 Å². The molecule has 0 saturated heterocycles. The number of halogens is 1. The molecule has 0 unspecified atom stereocenters. The topological polar surface area (TPSA) is 50.2 Å². The van der Waals surface area contributed by atoms with Crippen molar-refractivity contribution in [2.75, 3.05) is 0 Å². The predicted octanol–water partition coefficient (Wildman–Crippen LogP) is 2.29. The van der Waals surface area contributed by atoms with Crippen LogP contribution >= 0.6 is 22.6 Å². The first-order chi connectivity index (χ1) is 8.24. The van der Waals surface area contributed by atoms with Gasteiger partial charge in [-0.05, 0) is 34.7 Å². The van der Waals surface area contributed by atoms with Crippen LogP contribution in [0, 0.1) is 3.57 Å². The van der Waals surface area contributed by atoms with E-state index in [1.807, 2.05) is 24.3 Å². The van der Waals surface area contributed by atoms with E-state index in [-0.39, 0.29) is 5.56 Å². The van der Waals surface area contributed by atoms with E-state index in [2.05, 4.69) is 32.7 Å². The van der Waals surface area contributed by atoms with Crippen LogP contribution in [0.25, 0.3) is 16.9 Å². The van der Waals surface area contributed by atoms with Gasteiger partial charge >= 0.3 is 0 Å². The van der Waals surface area contributed by atoms with Crippen LogP contribution < -0.4 is 5.56 Å². The van der Waals surface area contributed by atoms with Crippen LogP contribution in [0.15, 0.2) is 47.4 Å². The number of fused-ring (bicyclic) bond motifs is 1. The Hall–Kier alpha value is -1.63. The summed E-state index contributed by atoms with van der Waals surface area (Å²) in [6.07, 6.45) is 1.70. The van der Waals surface area contributed by atoms with Crippen LogP contribution in [-0.2, 0) is 0 Å². The highest BCUT2D eigenvalue weighted by atomic mass is 127. The van der Waals surface area contributed by atoms with Gasteiger partial charge in [0.25, 0.3) is 5.56 Å². The number of hydrogen-bond donors (Lipinski definition) is 1. The van der Waals surface area contributed by atoms with Crippen molar-refractivity contribution < 1.29 is 0 Å². The highest BCUT2D eigenvalue weighted by Crippen LogP contribution is 2.17. The Morgan fingerprint density at radius 1 is 1.18 bits per heavy atom. The van der Waals surface area contributed by atoms with Crippen molar-refractivity contribution in [1.82, 2.24) is 14.6 Å². The van der Waals surface area contributed by atoms with Crippen molar-refractivity contribution in [3.8, 4) is 11.3 Å². The van der Waals surface area contributed by atoms with Crippen LogP contribution in [0.5, 0.6) is 0 Å². The molecule has 0 radical (unpaired) electrons. The van der Waals surface area contributed by atoms with Gasteiger partial charge in [0.1, 0.15) is 0 Å². The molecule has 17 heavy (non-hydrogen) atoms. The van der Waals surface area contributed by atoms with Gasteiger partial charge in [0.15, 0.2) is 5.65 Å². The van der Waals surface area contributed by atoms with E-state index in [0.717, 1.165) is 9.13 Å². The summed E-state index contributed by atoms with van der Waals surface area (Å²) in [5, 5.41) is 2.82. The number of hydrogen-bond acceptors (Lipinski definition) is 2. The van der Waals surface area contributed by atoms with Gasteiger partial charge in [0, 0.05) is 27.5 Å². The summed E-state index contributed by atoms with van der Waals surface area (Å²) in [5.41, 5.74) is 2.18. The molecule has 0 aliphatic heterocycles. The molecule has 5 heteroatoms. The van der Waals surface area contributed by atoms with Gasteiger partial charge in [-0.3, -0.25) is 9.89 Å². The number of H-pyrrole nitrogens is 1. The molecule has 0 bridgehead atoms. The SMILES string of the molecule is O=c1cc(-c2ccc(I)cc2)nc2cc[nH]n12. The molecule has 1 N–H and O–H groups in total. The van der Waals surface area contributed by atoms with Gasteiger partial charge in [-0.15, -0.1) is 0 Å². The standard InChI is InChI=1S/C12H8IN3O/c13-9-3-1-8(2-4-9)10-7-12(17)16-11(15-10)5-6-14-16/h1-7,14H. The Balaban J connectivity index is 2.23. The van der Waals surface area contributed by atoms with E-state index < -0.39 is 0 Å². The molecule has 0 atom stereocenters. The quantitative estimate of drug-likeness (QED) is 0.693. The third-order valence-corrected chi connectivity index (χ3v) is 3.24.